The fraction of sp³-hybridized carbons (Fsp3) is 0.667. The van der Waals surface area contributed by atoms with Gasteiger partial charge in [0.2, 0.25) is 15.9 Å². The SMILES string of the molecule is Cc1c(S(=O)(=O)NC(C)C(=O)NCC(C)C)c(N)nn1C. The van der Waals surface area contributed by atoms with Crippen LogP contribution in [0.15, 0.2) is 4.90 Å². The number of aromatic nitrogens is 2. The fourth-order valence-electron chi connectivity index (χ4n) is 1.75. The van der Waals surface area contributed by atoms with Gasteiger partial charge in [0.05, 0.1) is 11.7 Å². The zero-order valence-electron chi connectivity index (χ0n) is 13.0. The number of rotatable bonds is 6. The summed E-state index contributed by atoms with van der Waals surface area (Å²) in [5.74, 6) is -0.182. The molecule has 21 heavy (non-hydrogen) atoms. The molecule has 4 N–H and O–H groups in total. The third-order valence-corrected chi connectivity index (χ3v) is 4.69. The van der Waals surface area contributed by atoms with Crippen molar-refractivity contribution in [2.75, 3.05) is 12.3 Å². The Morgan fingerprint density at radius 1 is 1.38 bits per heavy atom. The highest BCUT2D eigenvalue weighted by molar-refractivity contribution is 7.89. The Bertz CT molecular complexity index is 621. The molecule has 0 spiro atoms. The smallest absolute Gasteiger partial charge is 0.246 e. The largest absolute Gasteiger partial charge is 0.381 e. The lowest BCUT2D eigenvalue weighted by Crippen LogP contribution is -2.45. The summed E-state index contributed by atoms with van der Waals surface area (Å²) in [6, 6.07) is -0.896. The van der Waals surface area contributed by atoms with E-state index < -0.39 is 16.1 Å². The van der Waals surface area contributed by atoms with Crippen molar-refractivity contribution < 1.29 is 13.2 Å². The van der Waals surface area contributed by atoms with E-state index in [-0.39, 0.29) is 22.5 Å². The maximum atomic E-state index is 12.3. The predicted molar refractivity (Wildman–Crippen MR) is 80.0 cm³/mol. The van der Waals surface area contributed by atoms with E-state index in [1.54, 1.807) is 14.0 Å². The average molecular weight is 317 g/mol. The van der Waals surface area contributed by atoms with Gasteiger partial charge >= 0.3 is 0 Å². The fourth-order valence-corrected chi connectivity index (χ4v) is 3.28. The topological polar surface area (TPSA) is 119 Å². The molecule has 1 heterocycles. The third kappa shape index (κ3) is 4.18. The van der Waals surface area contributed by atoms with Crippen molar-refractivity contribution in [1.29, 1.82) is 0 Å². The van der Waals surface area contributed by atoms with Crippen LogP contribution in [0.2, 0.25) is 0 Å². The molecule has 1 aromatic rings. The molecule has 1 aromatic heterocycles. The van der Waals surface area contributed by atoms with Gasteiger partial charge in [0.1, 0.15) is 4.90 Å². The van der Waals surface area contributed by atoms with Crippen molar-refractivity contribution in [2.24, 2.45) is 13.0 Å². The van der Waals surface area contributed by atoms with Crippen molar-refractivity contribution in [3.05, 3.63) is 5.69 Å². The van der Waals surface area contributed by atoms with Gasteiger partial charge in [0.15, 0.2) is 5.82 Å². The second-order valence-corrected chi connectivity index (χ2v) is 7.06. The molecule has 120 valence electrons. The molecule has 0 saturated carbocycles. The van der Waals surface area contributed by atoms with E-state index in [4.69, 9.17) is 5.73 Å². The number of hydrogen-bond acceptors (Lipinski definition) is 5. The highest BCUT2D eigenvalue weighted by Crippen LogP contribution is 2.21. The van der Waals surface area contributed by atoms with E-state index in [0.29, 0.717) is 12.2 Å². The van der Waals surface area contributed by atoms with E-state index in [1.165, 1.54) is 11.6 Å². The van der Waals surface area contributed by atoms with Crippen molar-refractivity contribution >= 4 is 21.7 Å². The van der Waals surface area contributed by atoms with Crippen LogP contribution < -0.4 is 15.8 Å². The lowest BCUT2D eigenvalue weighted by Gasteiger charge is -2.15. The summed E-state index contributed by atoms with van der Waals surface area (Å²) in [4.78, 5) is 11.8. The van der Waals surface area contributed by atoms with Gasteiger partial charge in [-0.25, -0.2) is 8.42 Å². The van der Waals surface area contributed by atoms with Crippen molar-refractivity contribution in [3.8, 4) is 0 Å². The van der Waals surface area contributed by atoms with Gasteiger partial charge in [0.25, 0.3) is 0 Å². The molecule has 9 heteroatoms. The van der Waals surface area contributed by atoms with Gasteiger partial charge in [-0.2, -0.15) is 9.82 Å². The minimum Gasteiger partial charge on any atom is -0.381 e. The molecule has 1 amide bonds. The Hall–Kier alpha value is -1.61. The number of nitrogen functional groups attached to an aromatic ring is 1. The predicted octanol–water partition coefficient (Wildman–Crippen LogP) is -0.250. The Morgan fingerprint density at radius 2 is 1.95 bits per heavy atom. The lowest BCUT2D eigenvalue weighted by molar-refractivity contribution is -0.122. The van der Waals surface area contributed by atoms with E-state index in [9.17, 15) is 13.2 Å². The number of sulfonamides is 1. The van der Waals surface area contributed by atoms with Crippen molar-refractivity contribution in [2.45, 2.75) is 38.6 Å². The summed E-state index contributed by atoms with van der Waals surface area (Å²) in [6.45, 7) is 7.47. The second kappa shape index (κ2) is 6.44. The minimum absolute atomic E-state index is 0.0858. The highest BCUT2D eigenvalue weighted by Gasteiger charge is 2.28. The summed E-state index contributed by atoms with van der Waals surface area (Å²) < 4.78 is 28.3. The maximum absolute atomic E-state index is 12.3. The molecule has 0 aliphatic rings. The number of nitrogens with one attached hydrogen (secondary N) is 2. The summed E-state index contributed by atoms with van der Waals surface area (Å²) in [6.07, 6.45) is 0. The normalized spacial score (nSPS) is 13.4. The Balaban J connectivity index is 2.88. The molecular formula is C12H23N5O3S. The molecule has 1 unspecified atom stereocenters. The third-order valence-electron chi connectivity index (χ3n) is 2.98. The number of nitrogens with zero attached hydrogens (tertiary/aromatic N) is 2. The number of carbonyl (C=O) groups is 1. The number of hydrogen-bond donors (Lipinski definition) is 3. The average Bonchev–Trinajstić information content (AvgIpc) is 2.59. The van der Waals surface area contributed by atoms with Crippen LogP contribution in [0.4, 0.5) is 5.82 Å². The van der Waals surface area contributed by atoms with Crippen LogP contribution in [-0.4, -0.2) is 36.7 Å². The van der Waals surface area contributed by atoms with Crippen LogP contribution in [0.3, 0.4) is 0 Å². The summed E-state index contributed by atoms with van der Waals surface area (Å²) in [5, 5.41) is 6.54. The Kier molecular flexibility index (Phi) is 5.35. The lowest BCUT2D eigenvalue weighted by atomic mass is 10.2. The maximum Gasteiger partial charge on any atom is 0.246 e. The number of amides is 1. The monoisotopic (exact) mass is 317 g/mol. The van der Waals surface area contributed by atoms with Gasteiger partial charge in [-0.15, -0.1) is 0 Å². The minimum atomic E-state index is -3.90. The Morgan fingerprint density at radius 3 is 2.38 bits per heavy atom. The van der Waals surface area contributed by atoms with E-state index in [2.05, 4.69) is 15.1 Å². The summed E-state index contributed by atoms with van der Waals surface area (Å²) in [5.41, 5.74) is 6.04. The molecule has 0 aromatic carbocycles. The molecule has 0 radical (unpaired) electrons. The molecular weight excluding hydrogens is 294 g/mol. The van der Waals surface area contributed by atoms with Gasteiger partial charge in [-0.1, -0.05) is 13.8 Å². The highest BCUT2D eigenvalue weighted by atomic mass is 32.2. The first-order valence-electron chi connectivity index (χ1n) is 6.65. The first-order chi connectivity index (χ1) is 9.56. The van der Waals surface area contributed by atoms with Crippen LogP contribution in [0.25, 0.3) is 0 Å². The first-order valence-corrected chi connectivity index (χ1v) is 8.13. The van der Waals surface area contributed by atoms with Crippen LogP contribution in [0, 0.1) is 12.8 Å². The van der Waals surface area contributed by atoms with E-state index in [1.807, 2.05) is 13.8 Å². The zero-order valence-corrected chi connectivity index (χ0v) is 13.8. The molecule has 0 bridgehead atoms. The number of nitrogens with two attached hydrogens (primary N) is 1. The van der Waals surface area contributed by atoms with E-state index in [0.717, 1.165) is 0 Å². The number of anilines is 1. The standard InChI is InChI=1S/C12H23N5O3S/c1-7(2)6-14-12(18)8(3)16-21(19,20)10-9(4)17(5)15-11(10)13/h7-8,16H,6H2,1-5H3,(H2,13,15)(H,14,18). The molecule has 0 aliphatic heterocycles. The molecule has 8 nitrogen and oxygen atoms in total. The quantitative estimate of drug-likeness (QED) is 0.668. The van der Waals surface area contributed by atoms with Crippen LogP contribution in [0.5, 0.6) is 0 Å². The molecule has 1 atom stereocenters. The summed E-state index contributed by atoms with van der Waals surface area (Å²) in [7, 11) is -2.30. The molecule has 0 aliphatic carbocycles. The second-order valence-electron chi connectivity index (χ2n) is 5.41. The Labute approximate surface area is 125 Å². The van der Waals surface area contributed by atoms with Crippen LogP contribution in [-0.2, 0) is 21.9 Å². The van der Waals surface area contributed by atoms with Gasteiger partial charge in [0, 0.05) is 13.6 Å². The van der Waals surface area contributed by atoms with Gasteiger partial charge in [-0.05, 0) is 19.8 Å². The van der Waals surface area contributed by atoms with Crippen LogP contribution >= 0.6 is 0 Å². The molecule has 1 rings (SSSR count). The number of carbonyl (C=O) groups excluding carboxylic acids is 1. The van der Waals surface area contributed by atoms with Crippen molar-refractivity contribution in [1.82, 2.24) is 19.8 Å². The number of aryl methyl sites for hydroxylation is 1. The van der Waals surface area contributed by atoms with Crippen LogP contribution in [0.1, 0.15) is 26.5 Å². The van der Waals surface area contributed by atoms with Gasteiger partial charge in [-0.3, -0.25) is 9.48 Å². The van der Waals surface area contributed by atoms with E-state index >= 15 is 0 Å². The first kappa shape index (κ1) is 17.4. The summed E-state index contributed by atoms with van der Waals surface area (Å²) >= 11 is 0. The molecule has 0 fully saturated rings. The zero-order chi connectivity index (χ0) is 16.4. The van der Waals surface area contributed by atoms with Crippen molar-refractivity contribution in [3.63, 3.8) is 0 Å². The van der Waals surface area contributed by atoms with Gasteiger partial charge < -0.3 is 11.1 Å². The molecule has 0 saturated heterocycles.